The molecule has 0 bridgehead atoms. The minimum atomic E-state index is -0.541. The largest absolute Gasteiger partial charge is 0.469 e. The number of hydrogen-bond donors (Lipinski definition) is 0. The fourth-order valence-corrected chi connectivity index (χ4v) is 2.43. The Morgan fingerprint density at radius 3 is 1.95 bits per heavy atom. The Balaban J connectivity index is 2.41. The zero-order valence-electron chi connectivity index (χ0n) is 12.2. The standard InChI is InChI=1S/C18H18O3/c1-13(18(20)21-2)16(14-9-5-3-6-10-14)17(19)15-11-7-4-8-12-15/h3-13,16H,1-2H3. The number of Topliss-reactive ketones (excluding diaryl/α,β-unsaturated/α-hetero) is 1. The van der Waals surface area contributed by atoms with Crippen LogP contribution in [0, 0.1) is 5.92 Å². The van der Waals surface area contributed by atoms with Crippen LogP contribution < -0.4 is 0 Å². The Labute approximate surface area is 124 Å². The second-order valence-corrected chi connectivity index (χ2v) is 4.93. The Hall–Kier alpha value is -2.42. The predicted octanol–water partition coefficient (Wildman–Crippen LogP) is 3.46. The van der Waals surface area contributed by atoms with Crippen LogP contribution in [0.3, 0.4) is 0 Å². The summed E-state index contributed by atoms with van der Waals surface area (Å²) in [5, 5.41) is 0. The highest BCUT2D eigenvalue weighted by Crippen LogP contribution is 2.29. The van der Waals surface area contributed by atoms with Crippen molar-refractivity contribution in [2.24, 2.45) is 5.92 Å². The SMILES string of the molecule is COC(=O)C(C)C(C(=O)c1ccccc1)c1ccccc1. The maximum absolute atomic E-state index is 12.8. The Morgan fingerprint density at radius 2 is 1.43 bits per heavy atom. The summed E-state index contributed by atoms with van der Waals surface area (Å²) in [5.74, 6) is -1.53. The topological polar surface area (TPSA) is 43.4 Å². The van der Waals surface area contributed by atoms with E-state index in [1.54, 1.807) is 19.1 Å². The maximum atomic E-state index is 12.8. The van der Waals surface area contributed by atoms with Crippen molar-refractivity contribution in [3.63, 3.8) is 0 Å². The van der Waals surface area contributed by atoms with Crippen molar-refractivity contribution in [2.45, 2.75) is 12.8 Å². The summed E-state index contributed by atoms with van der Waals surface area (Å²) >= 11 is 0. The molecule has 0 aliphatic rings. The lowest BCUT2D eigenvalue weighted by Gasteiger charge is -2.21. The molecule has 0 N–H and O–H groups in total. The lowest BCUT2D eigenvalue weighted by Crippen LogP contribution is -2.27. The van der Waals surface area contributed by atoms with Crippen molar-refractivity contribution < 1.29 is 14.3 Å². The van der Waals surface area contributed by atoms with Crippen molar-refractivity contribution in [1.82, 2.24) is 0 Å². The average molecular weight is 282 g/mol. The number of ether oxygens (including phenoxy) is 1. The van der Waals surface area contributed by atoms with Crippen molar-refractivity contribution in [3.8, 4) is 0 Å². The van der Waals surface area contributed by atoms with Gasteiger partial charge in [0.15, 0.2) is 5.78 Å². The van der Waals surface area contributed by atoms with Crippen LogP contribution in [0.5, 0.6) is 0 Å². The molecule has 0 saturated carbocycles. The summed E-state index contributed by atoms with van der Waals surface area (Å²) in [7, 11) is 1.34. The van der Waals surface area contributed by atoms with Crippen molar-refractivity contribution in [1.29, 1.82) is 0 Å². The van der Waals surface area contributed by atoms with Crippen molar-refractivity contribution >= 4 is 11.8 Å². The third-order valence-corrected chi connectivity index (χ3v) is 3.57. The number of benzene rings is 2. The zero-order chi connectivity index (χ0) is 15.2. The molecule has 2 atom stereocenters. The molecule has 0 aromatic heterocycles. The molecule has 3 nitrogen and oxygen atoms in total. The van der Waals surface area contributed by atoms with Gasteiger partial charge >= 0.3 is 5.97 Å². The molecule has 0 fully saturated rings. The number of carbonyl (C=O) groups is 2. The van der Waals surface area contributed by atoms with Gasteiger partial charge in [0.1, 0.15) is 0 Å². The van der Waals surface area contributed by atoms with Crippen LogP contribution in [-0.4, -0.2) is 18.9 Å². The lowest BCUT2D eigenvalue weighted by atomic mass is 9.81. The maximum Gasteiger partial charge on any atom is 0.309 e. The Kier molecular flexibility index (Phi) is 4.88. The molecule has 0 saturated heterocycles. The Morgan fingerprint density at radius 1 is 0.905 bits per heavy atom. The van der Waals surface area contributed by atoms with Gasteiger partial charge in [0, 0.05) is 5.56 Å². The molecule has 0 spiro atoms. The van der Waals surface area contributed by atoms with Crippen LogP contribution in [0.25, 0.3) is 0 Å². The molecule has 108 valence electrons. The summed E-state index contributed by atoms with van der Waals surface area (Å²) in [5.41, 5.74) is 1.42. The first-order valence-electron chi connectivity index (χ1n) is 6.87. The second-order valence-electron chi connectivity index (χ2n) is 4.93. The average Bonchev–Trinajstić information content (AvgIpc) is 2.56. The summed E-state index contributed by atoms with van der Waals surface area (Å²) in [4.78, 5) is 24.7. The normalized spacial score (nSPS) is 13.2. The molecule has 21 heavy (non-hydrogen) atoms. The number of hydrogen-bond acceptors (Lipinski definition) is 3. The third-order valence-electron chi connectivity index (χ3n) is 3.57. The van der Waals surface area contributed by atoms with E-state index in [1.165, 1.54) is 7.11 Å². The van der Waals surface area contributed by atoms with Gasteiger partial charge in [-0.25, -0.2) is 0 Å². The minimum Gasteiger partial charge on any atom is -0.469 e. The van der Waals surface area contributed by atoms with E-state index in [0.717, 1.165) is 5.56 Å². The van der Waals surface area contributed by atoms with E-state index in [9.17, 15) is 9.59 Å². The molecule has 2 rings (SSSR count). The van der Waals surface area contributed by atoms with E-state index in [1.807, 2.05) is 48.5 Å². The zero-order valence-corrected chi connectivity index (χ0v) is 12.2. The summed E-state index contributed by atoms with van der Waals surface area (Å²) in [6.07, 6.45) is 0. The van der Waals surface area contributed by atoms with E-state index in [-0.39, 0.29) is 11.8 Å². The van der Waals surface area contributed by atoms with Crippen LogP contribution in [-0.2, 0) is 9.53 Å². The Bertz CT molecular complexity index is 605. The van der Waals surface area contributed by atoms with Crippen LogP contribution in [0.15, 0.2) is 60.7 Å². The van der Waals surface area contributed by atoms with Gasteiger partial charge in [-0.1, -0.05) is 67.6 Å². The quantitative estimate of drug-likeness (QED) is 0.623. The molecular weight excluding hydrogens is 264 g/mol. The first-order valence-corrected chi connectivity index (χ1v) is 6.87. The fraction of sp³-hybridized carbons (Fsp3) is 0.222. The molecule has 2 aromatic rings. The smallest absolute Gasteiger partial charge is 0.309 e. The molecule has 2 unspecified atom stereocenters. The lowest BCUT2D eigenvalue weighted by molar-refractivity contribution is -0.145. The monoisotopic (exact) mass is 282 g/mol. The van der Waals surface area contributed by atoms with E-state index < -0.39 is 11.8 Å². The molecule has 3 heteroatoms. The van der Waals surface area contributed by atoms with Gasteiger partial charge in [-0.05, 0) is 5.56 Å². The molecule has 0 aliphatic heterocycles. The fourth-order valence-electron chi connectivity index (χ4n) is 2.43. The first-order chi connectivity index (χ1) is 10.1. The number of rotatable bonds is 5. The number of methoxy groups -OCH3 is 1. The highest BCUT2D eigenvalue weighted by molar-refractivity contribution is 6.03. The summed E-state index contributed by atoms with van der Waals surface area (Å²) in [6, 6.07) is 18.4. The van der Waals surface area contributed by atoms with Gasteiger partial charge in [0.25, 0.3) is 0 Å². The van der Waals surface area contributed by atoms with Crippen LogP contribution in [0.2, 0.25) is 0 Å². The third kappa shape index (κ3) is 3.37. The van der Waals surface area contributed by atoms with Crippen LogP contribution >= 0.6 is 0 Å². The number of esters is 1. The number of ketones is 1. The minimum absolute atomic E-state index is 0.0697. The van der Waals surface area contributed by atoms with E-state index in [0.29, 0.717) is 5.56 Å². The summed E-state index contributed by atoms with van der Waals surface area (Å²) < 4.78 is 4.81. The first kappa shape index (κ1) is 15.0. The van der Waals surface area contributed by atoms with Gasteiger partial charge in [0.05, 0.1) is 18.9 Å². The highest BCUT2D eigenvalue weighted by Gasteiger charge is 2.32. The van der Waals surface area contributed by atoms with Crippen LogP contribution in [0.4, 0.5) is 0 Å². The second kappa shape index (κ2) is 6.84. The molecule has 0 heterocycles. The van der Waals surface area contributed by atoms with Gasteiger partial charge in [-0.2, -0.15) is 0 Å². The van der Waals surface area contributed by atoms with Crippen molar-refractivity contribution in [2.75, 3.05) is 7.11 Å². The van der Waals surface area contributed by atoms with Crippen LogP contribution in [0.1, 0.15) is 28.8 Å². The molecular formula is C18H18O3. The van der Waals surface area contributed by atoms with E-state index in [2.05, 4.69) is 0 Å². The van der Waals surface area contributed by atoms with Gasteiger partial charge in [0.2, 0.25) is 0 Å². The molecule has 0 aliphatic carbocycles. The van der Waals surface area contributed by atoms with Gasteiger partial charge in [-0.15, -0.1) is 0 Å². The molecule has 0 radical (unpaired) electrons. The van der Waals surface area contributed by atoms with Gasteiger partial charge < -0.3 is 4.74 Å². The highest BCUT2D eigenvalue weighted by atomic mass is 16.5. The van der Waals surface area contributed by atoms with E-state index in [4.69, 9.17) is 4.74 Å². The van der Waals surface area contributed by atoms with E-state index >= 15 is 0 Å². The molecule has 2 aromatic carbocycles. The summed E-state index contributed by atoms with van der Waals surface area (Å²) in [6.45, 7) is 1.73. The predicted molar refractivity (Wildman–Crippen MR) is 81.1 cm³/mol. The van der Waals surface area contributed by atoms with Gasteiger partial charge in [-0.3, -0.25) is 9.59 Å². The number of carbonyl (C=O) groups excluding carboxylic acids is 2. The molecule has 0 amide bonds. The van der Waals surface area contributed by atoms with Crippen molar-refractivity contribution in [3.05, 3.63) is 71.8 Å².